The van der Waals surface area contributed by atoms with Crippen LogP contribution in [0.2, 0.25) is 0 Å². The Balaban J connectivity index is 1.94. The van der Waals surface area contributed by atoms with Gasteiger partial charge in [0.15, 0.2) is 0 Å². The van der Waals surface area contributed by atoms with E-state index >= 15 is 0 Å². The van der Waals surface area contributed by atoms with Crippen LogP contribution >= 0.6 is 0 Å². The number of alkyl halides is 4. The predicted molar refractivity (Wildman–Crippen MR) is 98.4 cm³/mol. The number of hydrogen-bond donors (Lipinski definition) is 1. The second-order valence-electron chi connectivity index (χ2n) is 5.68. The zero-order valence-electron chi connectivity index (χ0n) is 15.4. The van der Waals surface area contributed by atoms with Crippen molar-refractivity contribution in [3.8, 4) is 17.2 Å². The van der Waals surface area contributed by atoms with Crippen LogP contribution in [0.3, 0.4) is 0 Å². The summed E-state index contributed by atoms with van der Waals surface area (Å²) in [6, 6.07) is 10.7. The van der Waals surface area contributed by atoms with Crippen molar-refractivity contribution in [2.24, 2.45) is 0 Å². The molecule has 2 rings (SSSR count). The summed E-state index contributed by atoms with van der Waals surface area (Å²) in [5.74, 6) is -0.445. The number of hydrogen-bond acceptors (Lipinski definition) is 4. The largest absolute Gasteiger partial charge is 0.497 e. The Hall–Kier alpha value is -3.23. The average molecular weight is 413 g/mol. The van der Waals surface area contributed by atoms with E-state index in [2.05, 4.69) is 14.8 Å². The van der Waals surface area contributed by atoms with Crippen molar-refractivity contribution in [3.05, 3.63) is 59.7 Å². The van der Waals surface area contributed by atoms with Crippen molar-refractivity contribution in [2.75, 3.05) is 13.7 Å². The van der Waals surface area contributed by atoms with Crippen LogP contribution < -0.4 is 19.5 Å². The van der Waals surface area contributed by atoms with Gasteiger partial charge >= 0.3 is 13.2 Å². The molecular formula is C20H19F4NO4. The van der Waals surface area contributed by atoms with E-state index in [0.717, 1.165) is 29.5 Å². The van der Waals surface area contributed by atoms with Crippen molar-refractivity contribution in [2.45, 2.75) is 19.6 Å². The lowest BCUT2D eigenvalue weighted by Crippen LogP contribution is -2.23. The number of carbonyl (C=O) groups is 1. The van der Waals surface area contributed by atoms with Crippen molar-refractivity contribution >= 4 is 12.0 Å². The lowest BCUT2D eigenvalue weighted by atomic mass is 10.1. The average Bonchev–Trinajstić information content (AvgIpc) is 2.67. The SMILES string of the molecule is COc1ccc(CCNC(=O)/C=C/c2ccc(OC(F)F)cc2OC(F)F)cc1. The van der Waals surface area contributed by atoms with Crippen molar-refractivity contribution in [1.82, 2.24) is 5.32 Å². The lowest BCUT2D eigenvalue weighted by Gasteiger charge is -2.11. The van der Waals surface area contributed by atoms with Crippen LogP contribution in [0, 0.1) is 0 Å². The van der Waals surface area contributed by atoms with E-state index in [1.54, 1.807) is 7.11 Å². The quantitative estimate of drug-likeness (QED) is 0.467. The van der Waals surface area contributed by atoms with E-state index in [4.69, 9.17) is 4.74 Å². The maximum Gasteiger partial charge on any atom is 0.387 e. The summed E-state index contributed by atoms with van der Waals surface area (Å²) in [6.07, 6.45) is 2.96. The number of amides is 1. The van der Waals surface area contributed by atoms with E-state index in [0.29, 0.717) is 13.0 Å². The van der Waals surface area contributed by atoms with Gasteiger partial charge in [0.05, 0.1) is 7.11 Å². The van der Waals surface area contributed by atoms with Gasteiger partial charge in [-0.05, 0) is 42.3 Å². The molecule has 0 bridgehead atoms. The maximum absolute atomic E-state index is 12.5. The van der Waals surface area contributed by atoms with Gasteiger partial charge in [-0.3, -0.25) is 4.79 Å². The first kappa shape index (κ1) is 22.1. The summed E-state index contributed by atoms with van der Waals surface area (Å²) in [5.41, 5.74) is 1.11. The number of carbonyl (C=O) groups excluding carboxylic acids is 1. The first-order chi connectivity index (χ1) is 13.9. The highest BCUT2D eigenvalue weighted by atomic mass is 19.3. The molecule has 0 saturated carbocycles. The molecule has 0 fully saturated rings. The fourth-order valence-corrected chi connectivity index (χ4v) is 2.37. The third-order valence-electron chi connectivity index (χ3n) is 3.71. The maximum atomic E-state index is 12.5. The van der Waals surface area contributed by atoms with Gasteiger partial charge in [0.2, 0.25) is 5.91 Å². The molecule has 0 radical (unpaired) electrons. The second-order valence-corrected chi connectivity index (χ2v) is 5.68. The molecule has 1 N–H and O–H groups in total. The molecule has 0 heterocycles. The Labute approximate surface area is 164 Å². The van der Waals surface area contributed by atoms with Crippen LogP contribution in [0.4, 0.5) is 17.6 Å². The summed E-state index contributed by atoms with van der Waals surface area (Å²) in [7, 11) is 1.57. The number of halogens is 4. The van der Waals surface area contributed by atoms with Gasteiger partial charge in [-0.2, -0.15) is 17.6 Å². The summed E-state index contributed by atoms with van der Waals surface area (Å²) >= 11 is 0. The summed E-state index contributed by atoms with van der Waals surface area (Å²) in [5, 5.41) is 2.66. The van der Waals surface area contributed by atoms with E-state index in [1.165, 1.54) is 12.1 Å². The van der Waals surface area contributed by atoms with Crippen LogP contribution in [0.15, 0.2) is 48.5 Å². The molecule has 1 amide bonds. The Morgan fingerprint density at radius 1 is 1.00 bits per heavy atom. The van der Waals surface area contributed by atoms with Gasteiger partial charge < -0.3 is 19.5 Å². The number of nitrogens with one attached hydrogen (secondary N) is 1. The monoisotopic (exact) mass is 413 g/mol. The number of benzene rings is 2. The molecular weight excluding hydrogens is 394 g/mol. The van der Waals surface area contributed by atoms with Gasteiger partial charge in [0.25, 0.3) is 0 Å². The molecule has 5 nitrogen and oxygen atoms in total. The molecule has 9 heteroatoms. The molecule has 156 valence electrons. The first-order valence-corrected chi connectivity index (χ1v) is 8.50. The van der Waals surface area contributed by atoms with E-state index in [-0.39, 0.29) is 17.1 Å². The van der Waals surface area contributed by atoms with Crippen LogP contribution in [0.5, 0.6) is 17.2 Å². The van der Waals surface area contributed by atoms with Gasteiger partial charge in [-0.25, -0.2) is 0 Å². The molecule has 2 aromatic carbocycles. The van der Waals surface area contributed by atoms with Crippen LogP contribution in [0.1, 0.15) is 11.1 Å². The molecule has 2 aromatic rings. The van der Waals surface area contributed by atoms with Crippen molar-refractivity contribution < 1.29 is 36.6 Å². The normalized spacial score (nSPS) is 11.1. The number of rotatable bonds is 10. The number of ether oxygens (including phenoxy) is 3. The third kappa shape index (κ3) is 7.73. The van der Waals surface area contributed by atoms with Crippen LogP contribution in [-0.2, 0) is 11.2 Å². The zero-order valence-corrected chi connectivity index (χ0v) is 15.4. The van der Waals surface area contributed by atoms with E-state index in [1.807, 2.05) is 24.3 Å². The third-order valence-corrected chi connectivity index (χ3v) is 3.71. The van der Waals surface area contributed by atoms with Gasteiger partial charge in [-0.1, -0.05) is 12.1 Å². The molecule has 0 spiro atoms. The molecule has 29 heavy (non-hydrogen) atoms. The van der Waals surface area contributed by atoms with E-state index in [9.17, 15) is 22.4 Å². The fourth-order valence-electron chi connectivity index (χ4n) is 2.37. The molecule has 0 aliphatic rings. The van der Waals surface area contributed by atoms with Gasteiger partial charge in [-0.15, -0.1) is 0 Å². The zero-order chi connectivity index (χ0) is 21.2. The summed E-state index contributed by atoms with van der Waals surface area (Å²) < 4.78 is 63.1. The highest BCUT2D eigenvalue weighted by molar-refractivity contribution is 5.92. The standard InChI is InChI=1S/C20H19F4NO4/c1-27-15-6-2-13(3-7-15)10-11-25-18(26)9-5-14-4-8-16(28-19(21)22)12-17(14)29-20(23)24/h2-9,12,19-20H,10-11H2,1H3,(H,25,26)/b9-5+. The highest BCUT2D eigenvalue weighted by Crippen LogP contribution is 2.28. The molecule has 0 saturated heterocycles. The van der Waals surface area contributed by atoms with Gasteiger partial charge in [0.1, 0.15) is 17.2 Å². The summed E-state index contributed by atoms with van der Waals surface area (Å²) in [4.78, 5) is 11.9. The van der Waals surface area contributed by atoms with Gasteiger partial charge in [0, 0.05) is 24.3 Å². The van der Waals surface area contributed by atoms with Crippen molar-refractivity contribution in [1.29, 1.82) is 0 Å². The van der Waals surface area contributed by atoms with Crippen LogP contribution in [0.25, 0.3) is 6.08 Å². The molecule has 0 aliphatic heterocycles. The molecule has 0 unspecified atom stereocenters. The Bertz CT molecular complexity index is 826. The molecule has 0 aromatic heterocycles. The highest BCUT2D eigenvalue weighted by Gasteiger charge is 2.12. The second kappa shape index (κ2) is 10.9. The minimum absolute atomic E-state index is 0.109. The fraction of sp³-hybridized carbons (Fsp3) is 0.250. The predicted octanol–water partition coefficient (Wildman–Crippen LogP) is 4.27. The molecule has 0 atom stereocenters. The molecule has 0 aliphatic carbocycles. The van der Waals surface area contributed by atoms with Crippen LogP contribution in [-0.4, -0.2) is 32.8 Å². The number of methoxy groups -OCH3 is 1. The van der Waals surface area contributed by atoms with E-state index < -0.39 is 19.1 Å². The van der Waals surface area contributed by atoms with Crippen molar-refractivity contribution in [3.63, 3.8) is 0 Å². The minimum Gasteiger partial charge on any atom is -0.497 e. The smallest absolute Gasteiger partial charge is 0.387 e. The Morgan fingerprint density at radius 2 is 1.66 bits per heavy atom. The summed E-state index contributed by atoms with van der Waals surface area (Å²) in [6.45, 7) is -5.91. The lowest BCUT2D eigenvalue weighted by molar-refractivity contribution is -0.116. The Morgan fingerprint density at radius 3 is 2.28 bits per heavy atom. The Kier molecular flexibility index (Phi) is 8.32. The first-order valence-electron chi connectivity index (χ1n) is 8.50. The minimum atomic E-state index is -3.16. The topological polar surface area (TPSA) is 56.8 Å².